The van der Waals surface area contributed by atoms with Crippen molar-refractivity contribution in [2.75, 3.05) is 13.1 Å². The summed E-state index contributed by atoms with van der Waals surface area (Å²) in [7, 11) is 0. The van der Waals surface area contributed by atoms with Gasteiger partial charge in [-0.05, 0) is 42.5 Å². The van der Waals surface area contributed by atoms with Gasteiger partial charge in [-0.1, -0.05) is 42.5 Å². The number of piperidine rings is 1. The molecule has 4 heteroatoms. The van der Waals surface area contributed by atoms with E-state index in [9.17, 15) is 9.90 Å². The van der Waals surface area contributed by atoms with Gasteiger partial charge in [0.25, 0.3) is 5.91 Å². The lowest BCUT2D eigenvalue weighted by molar-refractivity contribution is 0.0299. The van der Waals surface area contributed by atoms with Crippen molar-refractivity contribution >= 4 is 5.91 Å². The number of aliphatic hydroxyl groups is 1. The topological polar surface area (TPSA) is 52.6 Å². The molecule has 1 aliphatic carbocycles. The summed E-state index contributed by atoms with van der Waals surface area (Å²) < 4.78 is 0. The third-order valence-electron chi connectivity index (χ3n) is 5.39. The van der Waals surface area contributed by atoms with E-state index in [1.165, 1.54) is 11.1 Å². The zero-order valence-corrected chi connectivity index (χ0v) is 14.3. The molecule has 0 unspecified atom stereocenters. The van der Waals surface area contributed by atoms with Crippen molar-refractivity contribution in [3.05, 3.63) is 71.3 Å². The van der Waals surface area contributed by atoms with Crippen molar-refractivity contribution in [3.8, 4) is 0 Å². The number of carbonyl (C=O) groups excluding carboxylic acids is 1. The van der Waals surface area contributed by atoms with Crippen LogP contribution in [-0.4, -0.2) is 47.2 Å². The lowest BCUT2D eigenvalue weighted by atomic mass is 9.99. The fourth-order valence-corrected chi connectivity index (χ4v) is 4.05. The molecule has 25 heavy (non-hydrogen) atoms. The predicted octanol–water partition coefficient (Wildman–Crippen LogP) is 2.02. The maximum atomic E-state index is 12.5. The van der Waals surface area contributed by atoms with Crippen molar-refractivity contribution in [1.82, 2.24) is 10.2 Å². The largest absolute Gasteiger partial charge is 0.390 e. The van der Waals surface area contributed by atoms with Crippen LogP contribution in [0.1, 0.15) is 27.9 Å². The van der Waals surface area contributed by atoms with Gasteiger partial charge in [0.1, 0.15) is 0 Å². The fourth-order valence-electron chi connectivity index (χ4n) is 4.05. The lowest BCUT2D eigenvalue weighted by Crippen LogP contribution is -2.56. The number of benzene rings is 2. The van der Waals surface area contributed by atoms with Crippen LogP contribution in [0, 0.1) is 0 Å². The van der Waals surface area contributed by atoms with Crippen LogP contribution in [0.4, 0.5) is 0 Å². The van der Waals surface area contributed by atoms with Crippen molar-refractivity contribution < 1.29 is 9.90 Å². The van der Waals surface area contributed by atoms with E-state index in [1.54, 1.807) is 4.90 Å². The van der Waals surface area contributed by atoms with E-state index in [-0.39, 0.29) is 11.9 Å². The number of β-amino-alcohol motifs (C(OH)–C–C–N with tert-alkyl or cyclic N) is 1. The lowest BCUT2D eigenvalue weighted by Gasteiger charge is -2.37. The van der Waals surface area contributed by atoms with Crippen molar-refractivity contribution in [2.24, 2.45) is 0 Å². The molecule has 0 saturated carbocycles. The molecule has 130 valence electrons. The molecule has 1 aliphatic heterocycles. The minimum Gasteiger partial charge on any atom is -0.390 e. The Bertz CT molecular complexity index is 722. The number of fused-ring (bicyclic) bond motifs is 1. The predicted molar refractivity (Wildman–Crippen MR) is 97.5 cm³/mol. The van der Waals surface area contributed by atoms with Gasteiger partial charge in [-0.3, -0.25) is 4.79 Å². The summed E-state index contributed by atoms with van der Waals surface area (Å²) in [6.45, 7) is 1.08. The molecule has 1 saturated heterocycles. The van der Waals surface area contributed by atoms with E-state index in [0.717, 1.165) is 19.3 Å². The first kappa shape index (κ1) is 16.3. The molecule has 2 aromatic carbocycles. The van der Waals surface area contributed by atoms with Crippen molar-refractivity contribution in [3.63, 3.8) is 0 Å². The fraction of sp³-hybridized carbons (Fsp3) is 0.381. The van der Waals surface area contributed by atoms with Crippen LogP contribution in [0.3, 0.4) is 0 Å². The number of aliphatic hydroxyl groups excluding tert-OH is 1. The standard InChI is InChI=1S/C21H24N2O2/c24-20-14-23(21(25)15-6-2-1-3-7-15)11-10-19(20)22-18-12-16-8-4-5-9-17(16)13-18/h1-9,18-20,22,24H,10-14H2/t19-,20-/m1/s1. The molecule has 4 nitrogen and oxygen atoms in total. The van der Waals surface area contributed by atoms with Gasteiger partial charge in [-0.15, -0.1) is 0 Å². The molecule has 1 fully saturated rings. The van der Waals surface area contributed by atoms with Gasteiger partial charge >= 0.3 is 0 Å². The number of hydrogen-bond acceptors (Lipinski definition) is 3. The van der Waals surface area contributed by atoms with E-state index in [4.69, 9.17) is 0 Å². The van der Waals surface area contributed by atoms with E-state index < -0.39 is 6.10 Å². The molecule has 1 amide bonds. The number of amides is 1. The van der Waals surface area contributed by atoms with Gasteiger partial charge in [0.05, 0.1) is 6.10 Å². The van der Waals surface area contributed by atoms with E-state index in [1.807, 2.05) is 30.3 Å². The number of nitrogens with zero attached hydrogens (tertiary/aromatic N) is 1. The number of hydrogen-bond donors (Lipinski definition) is 2. The molecule has 0 aromatic heterocycles. The number of likely N-dealkylation sites (tertiary alicyclic amines) is 1. The Morgan fingerprint density at radius 3 is 2.28 bits per heavy atom. The highest BCUT2D eigenvalue weighted by atomic mass is 16.3. The number of rotatable bonds is 3. The molecule has 2 N–H and O–H groups in total. The summed E-state index contributed by atoms with van der Waals surface area (Å²) >= 11 is 0. The van der Waals surface area contributed by atoms with Crippen LogP contribution in [0.2, 0.25) is 0 Å². The van der Waals surface area contributed by atoms with Gasteiger partial charge in [0, 0.05) is 30.7 Å². The summed E-state index contributed by atoms with van der Waals surface area (Å²) in [5.41, 5.74) is 3.50. The van der Waals surface area contributed by atoms with Gasteiger partial charge in [-0.25, -0.2) is 0 Å². The molecule has 2 aliphatic rings. The van der Waals surface area contributed by atoms with Crippen molar-refractivity contribution in [1.29, 1.82) is 0 Å². The van der Waals surface area contributed by atoms with Crippen LogP contribution in [0.25, 0.3) is 0 Å². The average Bonchev–Trinajstić information content (AvgIpc) is 3.06. The Kier molecular flexibility index (Phi) is 4.55. The molecule has 0 spiro atoms. The van der Waals surface area contributed by atoms with Crippen LogP contribution in [0.5, 0.6) is 0 Å². The maximum absolute atomic E-state index is 12.5. The second-order valence-electron chi connectivity index (χ2n) is 7.12. The summed E-state index contributed by atoms with van der Waals surface area (Å²) in [6, 6.07) is 18.3. The van der Waals surface area contributed by atoms with Crippen LogP contribution < -0.4 is 5.32 Å². The Morgan fingerprint density at radius 2 is 1.64 bits per heavy atom. The van der Waals surface area contributed by atoms with Gasteiger partial charge in [-0.2, -0.15) is 0 Å². The van der Waals surface area contributed by atoms with E-state index in [0.29, 0.717) is 24.7 Å². The summed E-state index contributed by atoms with van der Waals surface area (Å²) in [5, 5.41) is 14.2. The van der Waals surface area contributed by atoms with Crippen LogP contribution in [0.15, 0.2) is 54.6 Å². The first-order chi connectivity index (χ1) is 12.2. The molecule has 1 heterocycles. The van der Waals surface area contributed by atoms with Crippen LogP contribution in [-0.2, 0) is 12.8 Å². The Hall–Kier alpha value is -2.17. The first-order valence-electron chi connectivity index (χ1n) is 9.06. The highest BCUT2D eigenvalue weighted by molar-refractivity contribution is 5.94. The minimum absolute atomic E-state index is 0.00590. The number of nitrogens with one attached hydrogen (secondary N) is 1. The van der Waals surface area contributed by atoms with Gasteiger partial charge in [0.2, 0.25) is 0 Å². The second-order valence-corrected chi connectivity index (χ2v) is 7.12. The summed E-state index contributed by atoms with van der Waals surface area (Å²) in [5.74, 6) is 0.00590. The summed E-state index contributed by atoms with van der Waals surface area (Å²) in [4.78, 5) is 14.3. The third kappa shape index (κ3) is 3.46. The number of carbonyl (C=O) groups is 1. The zero-order chi connectivity index (χ0) is 17.2. The highest BCUT2D eigenvalue weighted by Gasteiger charge is 2.33. The SMILES string of the molecule is O=C(c1ccccc1)N1CC[C@@H](NC2Cc3ccccc3C2)[C@H](O)C1. The third-order valence-corrected chi connectivity index (χ3v) is 5.39. The zero-order valence-electron chi connectivity index (χ0n) is 14.3. The van der Waals surface area contributed by atoms with E-state index >= 15 is 0 Å². The highest BCUT2D eigenvalue weighted by Crippen LogP contribution is 2.23. The smallest absolute Gasteiger partial charge is 0.253 e. The molecule has 0 radical (unpaired) electrons. The van der Waals surface area contributed by atoms with E-state index in [2.05, 4.69) is 29.6 Å². The molecule has 2 atom stereocenters. The quantitative estimate of drug-likeness (QED) is 0.902. The minimum atomic E-state index is -0.523. The van der Waals surface area contributed by atoms with Crippen LogP contribution >= 0.6 is 0 Å². The first-order valence-corrected chi connectivity index (χ1v) is 9.06. The Morgan fingerprint density at radius 1 is 1.00 bits per heavy atom. The molecular weight excluding hydrogens is 312 g/mol. The monoisotopic (exact) mass is 336 g/mol. The van der Waals surface area contributed by atoms with Crippen molar-refractivity contribution in [2.45, 2.75) is 37.5 Å². The Labute approximate surface area is 148 Å². The van der Waals surface area contributed by atoms with Gasteiger partial charge in [0.15, 0.2) is 0 Å². The molecule has 4 rings (SSSR count). The normalized spacial score (nSPS) is 23.5. The molecular formula is C21H24N2O2. The maximum Gasteiger partial charge on any atom is 0.253 e. The van der Waals surface area contributed by atoms with Gasteiger partial charge < -0.3 is 15.3 Å². The Balaban J connectivity index is 1.34. The summed E-state index contributed by atoms with van der Waals surface area (Å²) in [6.07, 6.45) is 2.30. The average molecular weight is 336 g/mol. The second kappa shape index (κ2) is 6.98. The molecule has 2 aromatic rings. The molecule has 0 bridgehead atoms.